The van der Waals surface area contributed by atoms with Crippen LogP contribution in [0.1, 0.15) is 33.1 Å². The van der Waals surface area contributed by atoms with Crippen LogP contribution in [-0.4, -0.2) is 42.9 Å². The Morgan fingerprint density at radius 1 is 1.37 bits per heavy atom. The number of nitrogens with one attached hydrogen (secondary N) is 2. The quantitative estimate of drug-likeness (QED) is 0.608. The summed E-state index contributed by atoms with van der Waals surface area (Å²) >= 11 is 0. The van der Waals surface area contributed by atoms with Gasteiger partial charge in [0.15, 0.2) is 0 Å². The molecule has 0 spiro atoms. The van der Waals surface area contributed by atoms with Gasteiger partial charge in [-0.1, -0.05) is 20.3 Å². The normalized spacial score (nSPS) is 22.5. The molecule has 1 aliphatic carbocycles. The van der Waals surface area contributed by atoms with E-state index < -0.39 is 11.9 Å². The minimum Gasteiger partial charge on any atom is -0.481 e. The standard InChI is InChI=1S/C13H24N2O4/c1-9(2)8-19-7-6-14-13(18)15-11-5-3-4-10(11)12(16)17/h9-11H,3-8H2,1-2H3,(H,16,17)(H2,14,15,18). The fourth-order valence-electron chi connectivity index (χ4n) is 2.20. The largest absolute Gasteiger partial charge is 0.481 e. The van der Waals surface area contributed by atoms with Crippen LogP contribution in [0.2, 0.25) is 0 Å². The molecule has 6 nitrogen and oxygen atoms in total. The van der Waals surface area contributed by atoms with E-state index in [1.165, 1.54) is 0 Å². The van der Waals surface area contributed by atoms with Crippen molar-refractivity contribution in [3.05, 3.63) is 0 Å². The summed E-state index contributed by atoms with van der Waals surface area (Å²) in [5, 5.41) is 14.4. The van der Waals surface area contributed by atoms with E-state index in [0.29, 0.717) is 32.1 Å². The van der Waals surface area contributed by atoms with Gasteiger partial charge in [0.05, 0.1) is 12.5 Å². The van der Waals surface area contributed by atoms with E-state index in [0.717, 1.165) is 12.8 Å². The number of carboxylic acid groups (broad SMARTS) is 1. The Morgan fingerprint density at radius 3 is 2.74 bits per heavy atom. The number of rotatable bonds is 7. The third kappa shape index (κ3) is 5.92. The average molecular weight is 272 g/mol. The zero-order valence-corrected chi connectivity index (χ0v) is 11.6. The molecule has 110 valence electrons. The Morgan fingerprint density at radius 2 is 2.11 bits per heavy atom. The highest BCUT2D eigenvalue weighted by Gasteiger charge is 2.33. The number of aliphatic carboxylic acids is 1. The fourth-order valence-corrected chi connectivity index (χ4v) is 2.20. The Bertz CT molecular complexity index is 307. The van der Waals surface area contributed by atoms with Gasteiger partial charge in [-0.25, -0.2) is 4.79 Å². The first-order chi connectivity index (χ1) is 9.00. The lowest BCUT2D eigenvalue weighted by atomic mass is 10.0. The highest BCUT2D eigenvalue weighted by molar-refractivity contribution is 5.76. The van der Waals surface area contributed by atoms with E-state index in [1.807, 2.05) is 0 Å². The molecular formula is C13H24N2O4. The van der Waals surface area contributed by atoms with Crippen LogP contribution < -0.4 is 10.6 Å². The van der Waals surface area contributed by atoms with Crippen molar-refractivity contribution in [1.29, 1.82) is 0 Å². The van der Waals surface area contributed by atoms with Crippen molar-refractivity contribution in [1.82, 2.24) is 10.6 Å². The molecule has 6 heteroatoms. The Kier molecular flexibility index (Phi) is 6.62. The number of carbonyl (C=O) groups excluding carboxylic acids is 1. The van der Waals surface area contributed by atoms with E-state index >= 15 is 0 Å². The summed E-state index contributed by atoms with van der Waals surface area (Å²) in [5.41, 5.74) is 0. The third-order valence-corrected chi connectivity index (χ3v) is 3.13. The predicted octanol–water partition coefficient (Wildman–Crippen LogP) is 1.21. The summed E-state index contributed by atoms with van der Waals surface area (Å²) in [6.45, 7) is 5.70. The van der Waals surface area contributed by atoms with E-state index in [-0.39, 0.29) is 12.1 Å². The van der Waals surface area contributed by atoms with Crippen LogP contribution in [0.3, 0.4) is 0 Å². The van der Waals surface area contributed by atoms with Crippen molar-refractivity contribution in [2.24, 2.45) is 11.8 Å². The third-order valence-electron chi connectivity index (χ3n) is 3.13. The summed E-state index contributed by atoms with van der Waals surface area (Å²) in [5.74, 6) is -0.811. The highest BCUT2D eigenvalue weighted by atomic mass is 16.5. The summed E-state index contributed by atoms with van der Waals surface area (Å²) < 4.78 is 5.34. The second kappa shape index (κ2) is 7.99. The molecule has 2 atom stereocenters. The van der Waals surface area contributed by atoms with Crippen LogP contribution in [0.5, 0.6) is 0 Å². The zero-order chi connectivity index (χ0) is 14.3. The molecule has 0 heterocycles. The molecule has 0 aromatic rings. The van der Waals surface area contributed by atoms with E-state index in [9.17, 15) is 9.59 Å². The van der Waals surface area contributed by atoms with Gasteiger partial charge in [0.2, 0.25) is 0 Å². The number of hydrogen-bond acceptors (Lipinski definition) is 3. The van der Waals surface area contributed by atoms with E-state index in [2.05, 4.69) is 24.5 Å². The van der Waals surface area contributed by atoms with Gasteiger partial charge in [-0.05, 0) is 18.8 Å². The topological polar surface area (TPSA) is 87.7 Å². The first-order valence-electron chi connectivity index (χ1n) is 6.85. The number of carboxylic acids is 1. The molecule has 1 rings (SSSR count). The number of hydrogen-bond donors (Lipinski definition) is 3. The maximum Gasteiger partial charge on any atom is 0.315 e. The summed E-state index contributed by atoms with van der Waals surface area (Å²) in [7, 11) is 0. The smallest absolute Gasteiger partial charge is 0.315 e. The molecule has 0 saturated heterocycles. The van der Waals surface area contributed by atoms with Crippen LogP contribution in [0, 0.1) is 11.8 Å². The van der Waals surface area contributed by atoms with Gasteiger partial charge in [-0.15, -0.1) is 0 Å². The monoisotopic (exact) mass is 272 g/mol. The SMILES string of the molecule is CC(C)COCCNC(=O)NC1CCCC1C(=O)O. The summed E-state index contributed by atoms with van der Waals surface area (Å²) in [6, 6.07) is -0.569. The minimum absolute atomic E-state index is 0.255. The molecule has 0 bridgehead atoms. The summed E-state index contributed by atoms with van der Waals surface area (Å²) in [6.07, 6.45) is 2.21. The van der Waals surface area contributed by atoms with Crippen molar-refractivity contribution >= 4 is 12.0 Å². The maximum atomic E-state index is 11.6. The molecule has 2 unspecified atom stereocenters. The molecule has 1 fully saturated rings. The molecule has 2 amide bonds. The van der Waals surface area contributed by atoms with Crippen LogP contribution in [0.15, 0.2) is 0 Å². The second-order valence-electron chi connectivity index (χ2n) is 5.35. The molecular weight excluding hydrogens is 248 g/mol. The van der Waals surface area contributed by atoms with E-state index in [1.54, 1.807) is 0 Å². The van der Waals surface area contributed by atoms with Gasteiger partial charge in [0.25, 0.3) is 0 Å². The zero-order valence-electron chi connectivity index (χ0n) is 11.6. The molecule has 1 aliphatic rings. The van der Waals surface area contributed by atoms with Crippen molar-refractivity contribution in [2.45, 2.75) is 39.2 Å². The molecule has 19 heavy (non-hydrogen) atoms. The van der Waals surface area contributed by atoms with Gasteiger partial charge >= 0.3 is 12.0 Å². The maximum absolute atomic E-state index is 11.6. The molecule has 0 aromatic heterocycles. The predicted molar refractivity (Wildman–Crippen MR) is 71.0 cm³/mol. The average Bonchev–Trinajstić information content (AvgIpc) is 2.76. The van der Waals surface area contributed by atoms with Gasteiger partial charge < -0.3 is 20.5 Å². The molecule has 0 aliphatic heterocycles. The van der Waals surface area contributed by atoms with Crippen LogP contribution >= 0.6 is 0 Å². The van der Waals surface area contributed by atoms with Crippen molar-refractivity contribution in [3.63, 3.8) is 0 Å². The lowest BCUT2D eigenvalue weighted by Crippen LogP contribution is -2.46. The summed E-state index contributed by atoms with van der Waals surface area (Å²) in [4.78, 5) is 22.6. The number of urea groups is 1. The van der Waals surface area contributed by atoms with Crippen molar-refractivity contribution in [2.75, 3.05) is 19.8 Å². The number of amides is 2. The molecule has 1 saturated carbocycles. The molecule has 0 aromatic carbocycles. The van der Waals surface area contributed by atoms with Crippen LogP contribution in [-0.2, 0) is 9.53 Å². The molecule has 3 N–H and O–H groups in total. The van der Waals surface area contributed by atoms with Crippen molar-refractivity contribution < 1.29 is 19.4 Å². The lowest BCUT2D eigenvalue weighted by molar-refractivity contribution is -0.142. The Hall–Kier alpha value is -1.30. The Balaban J connectivity index is 2.15. The van der Waals surface area contributed by atoms with Gasteiger partial charge in [0.1, 0.15) is 0 Å². The van der Waals surface area contributed by atoms with Crippen LogP contribution in [0.4, 0.5) is 4.79 Å². The fraction of sp³-hybridized carbons (Fsp3) is 0.846. The second-order valence-corrected chi connectivity index (χ2v) is 5.35. The van der Waals surface area contributed by atoms with Gasteiger partial charge in [-0.3, -0.25) is 4.79 Å². The number of carbonyl (C=O) groups is 2. The van der Waals surface area contributed by atoms with E-state index in [4.69, 9.17) is 9.84 Å². The lowest BCUT2D eigenvalue weighted by Gasteiger charge is -2.18. The first kappa shape index (κ1) is 15.8. The molecule has 0 radical (unpaired) electrons. The number of ether oxygens (including phenoxy) is 1. The van der Waals surface area contributed by atoms with Gasteiger partial charge in [-0.2, -0.15) is 0 Å². The Labute approximate surface area is 113 Å². The minimum atomic E-state index is -0.830. The van der Waals surface area contributed by atoms with Gasteiger partial charge in [0, 0.05) is 19.2 Å². The van der Waals surface area contributed by atoms with Crippen LogP contribution in [0.25, 0.3) is 0 Å². The highest BCUT2D eigenvalue weighted by Crippen LogP contribution is 2.25. The van der Waals surface area contributed by atoms with Crippen molar-refractivity contribution in [3.8, 4) is 0 Å². The first-order valence-corrected chi connectivity index (χ1v) is 6.85.